The Bertz CT molecular complexity index is 444. The Labute approximate surface area is 114 Å². The highest BCUT2D eigenvalue weighted by Gasteiger charge is 2.36. The van der Waals surface area contributed by atoms with Crippen molar-refractivity contribution >= 4 is 5.69 Å². The maximum atomic E-state index is 13.5. The van der Waals surface area contributed by atoms with Gasteiger partial charge in [0.05, 0.1) is 6.61 Å². The summed E-state index contributed by atoms with van der Waals surface area (Å²) in [5, 5.41) is 9.17. The van der Waals surface area contributed by atoms with Crippen LogP contribution in [0.1, 0.15) is 44.1 Å². The van der Waals surface area contributed by atoms with Gasteiger partial charge in [-0.1, -0.05) is 12.8 Å². The average molecular weight is 263 g/mol. The third kappa shape index (κ3) is 2.62. The lowest BCUT2D eigenvalue weighted by Gasteiger charge is -2.40. The van der Waals surface area contributed by atoms with E-state index in [9.17, 15) is 4.39 Å². The molecule has 1 aromatic rings. The molecular weight excluding hydrogens is 241 g/mol. The second-order valence-electron chi connectivity index (χ2n) is 6.17. The van der Waals surface area contributed by atoms with Crippen LogP contribution in [0.3, 0.4) is 0 Å². The number of aliphatic hydroxyl groups excluding tert-OH is 1. The van der Waals surface area contributed by atoms with E-state index in [0.29, 0.717) is 11.0 Å². The fourth-order valence-corrected chi connectivity index (χ4v) is 3.77. The van der Waals surface area contributed by atoms with Crippen LogP contribution in [-0.2, 0) is 6.61 Å². The van der Waals surface area contributed by atoms with Gasteiger partial charge in [-0.05, 0) is 54.9 Å². The van der Waals surface area contributed by atoms with Gasteiger partial charge < -0.3 is 10.0 Å². The molecule has 1 aromatic carbocycles. The van der Waals surface area contributed by atoms with Gasteiger partial charge in [-0.2, -0.15) is 0 Å². The first-order valence-electron chi connectivity index (χ1n) is 7.36. The van der Waals surface area contributed by atoms with E-state index in [1.54, 1.807) is 6.07 Å². The van der Waals surface area contributed by atoms with Crippen LogP contribution in [0.5, 0.6) is 0 Å². The lowest BCUT2D eigenvalue weighted by atomic mass is 9.77. The second kappa shape index (κ2) is 5.12. The van der Waals surface area contributed by atoms with Crippen molar-refractivity contribution in [2.24, 2.45) is 5.41 Å². The van der Waals surface area contributed by atoms with Crippen molar-refractivity contribution in [3.05, 3.63) is 29.6 Å². The zero-order valence-corrected chi connectivity index (χ0v) is 11.4. The summed E-state index contributed by atoms with van der Waals surface area (Å²) in [6.07, 6.45) is 8.00. The molecule has 2 aliphatic rings. The molecule has 3 heteroatoms. The summed E-state index contributed by atoms with van der Waals surface area (Å²) < 4.78 is 13.5. The molecule has 0 unspecified atom stereocenters. The van der Waals surface area contributed by atoms with E-state index in [1.165, 1.54) is 44.6 Å². The Balaban J connectivity index is 1.72. The van der Waals surface area contributed by atoms with Gasteiger partial charge >= 0.3 is 0 Å². The van der Waals surface area contributed by atoms with Crippen LogP contribution in [0.15, 0.2) is 18.2 Å². The Morgan fingerprint density at radius 3 is 2.37 bits per heavy atom. The third-order valence-corrected chi connectivity index (χ3v) is 4.98. The minimum atomic E-state index is -0.247. The molecule has 2 fully saturated rings. The molecule has 19 heavy (non-hydrogen) atoms. The van der Waals surface area contributed by atoms with Gasteiger partial charge in [-0.25, -0.2) is 4.39 Å². The van der Waals surface area contributed by atoms with Crippen LogP contribution in [0, 0.1) is 11.2 Å². The SMILES string of the molecule is OCc1cc(F)cc(N2CCC3(CCCC3)CC2)c1. The summed E-state index contributed by atoms with van der Waals surface area (Å²) in [4.78, 5) is 2.27. The molecule has 0 atom stereocenters. The fraction of sp³-hybridized carbons (Fsp3) is 0.625. The lowest BCUT2D eigenvalue weighted by molar-refractivity contribution is 0.226. The Kier molecular flexibility index (Phi) is 3.48. The van der Waals surface area contributed by atoms with E-state index in [4.69, 9.17) is 5.11 Å². The highest BCUT2D eigenvalue weighted by Crippen LogP contribution is 2.46. The smallest absolute Gasteiger partial charge is 0.125 e. The minimum Gasteiger partial charge on any atom is -0.392 e. The van der Waals surface area contributed by atoms with Crippen molar-refractivity contribution in [1.29, 1.82) is 0 Å². The quantitative estimate of drug-likeness (QED) is 0.883. The molecule has 1 N–H and O–H groups in total. The van der Waals surface area contributed by atoms with Gasteiger partial charge in [-0.15, -0.1) is 0 Å². The molecule has 2 nitrogen and oxygen atoms in total. The standard InChI is InChI=1S/C16H22FNO/c17-14-9-13(12-19)10-15(11-14)18-7-5-16(6-8-18)3-1-2-4-16/h9-11,19H,1-8,12H2. The highest BCUT2D eigenvalue weighted by atomic mass is 19.1. The van der Waals surface area contributed by atoms with Gasteiger partial charge in [0.15, 0.2) is 0 Å². The summed E-state index contributed by atoms with van der Waals surface area (Å²) in [6.45, 7) is 1.95. The van der Waals surface area contributed by atoms with Crippen LogP contribution in [0.4, 0.5) is 10.1 Å². The van der Waals surface area contributed by atoms with Crippen LogP contribution >= 0.6 is 0 Å². The van der Waals surface area contributed by atoms with E-state index < -0.39 is 0 Å². The average Bonchev–Trinajstić information content (AvgIpc) is 2.87. The summed E-state index contributed by atoms with van der Waals surface area (Å²) >= 11 is 0. The largest absolute Gasteiger partial charge is 0.392 e. The van der Waals surface area contributed by atoms with Crippen molar-refractivity contribution in [2.75, 3.05) is 18.0 Å². The number of anilines is 1. The molecule has 1 aliphatic carbocycles. The molecule has 0 bridgehead atoms. The lowest BCUT2D eigenvalue weighted by Crippen LogP contribution is -2.38. The van der Waals surface area contributed by atoms with Gasteiger partial charge in [-0.3, -0.25) is 0 Å². The first-order valence-corrected chi connectivity index (χ1v) is 7.36. The van der Waals surface area contributed by atoms with Crippen molar-refractivity contribution in [2.45, 2.75) is 45.1 Å². The van der Waals surface area contributed by atoms with Crippen LogP contribution in [0.25, 0.3) is 0 Å². The van der Waals surface area contributed by atoms with E-state index in [0.717, 1.165) is 18.8 Å². The van der Waals surface area contributed by atoms with Gasteiger partial charge in [0.25, 0.3) is 0 Å². The summed E-state index contributed by atoms with van der Waals surface area (Å²) in [7, 11) is 0. The molecule has 0 aromatic heterocycles. The number of piperidine rings is 1. The molecular formula is C16H22FNO. The monoisotopic (exact) mass is 263 g/mol. The highest BCUT2D eigenvalue weighted by molar-refractivity contribution is 5.49. The first-order chi connectivity index (χ1) is 9.21. The zero-order valence-electron chi connectivity index (χ0n) is 11.4. The van der Waals surface area contributed by atoms with Crippen LogP contribution < -0.4 is 4.90 Å². The Morgan fingerprint density at radius 1 is 1.05 bits per heavy atom. The number of hydrogen-bond donors (Lipinski definition) is 1. The van der Waals surface area contributed by atoms with E-state index in [-0.39, 0.29) is 12.4 Å². The van der Waals surface area contributed by atoms with Gasteiger partial charge in [0.1, 0.15) is 5.82 Å². The molecule has 0 amide bonds. The van der Waals surface area contributed by atoms with Crippen LogP contribution in [-0.4, -0.2) is 18.2 Å². The fourth-order valence-electron chi connectivity index (χ4n) is 3.77. The van der Waals surface area contributed by atoms with E-state index in [2.05, 4.69) is 4.90 Å². The zero-order chi connectivity index (χ0) is 13.3. The topological polar surface area (TPSA) is 23.5 Å². The van der Waals surface area contributed by atoms with Crippen molar-refractivity contribution < 1.29 is 9.50 Å². The molecule has 1 spiro atoms. The van der Waals surface area contributed by atoms with E-state index in [1.807, 2.05) is 6.07 Å². The van der Waals surface area contributed by atoms with E-state index >= 15 is 0 Å². The predicted molar refractivity (Wildman–Crippen MR) is 74.7 cm³/mol. The Hall–Kier alpha value is -1.09. The molecule has 3 rings (SSSR count). The summed E-state index contributed by atoms with van der Waals surface area (Å²) in [5.41, 5.74) is 2.18. The van der Waals surface area contributed by atoms with Crippen molar-refractivity contribution in [1.82, 2.24) is 0 Å². The van der Waals surface area contributed by atoms with Crippen molar-refractivity contribution in [3.8, 4) is 0 Å². The van der Waals surface area contributed by atoms with Crippen LogP contribution in [0.2, 0.25) is 0 Å². The maximum absolute atomic E-state index is 13.5. The Morgan fingerprint density at radius 2 is 1.74 bits per heavy atom. The number of rotatable bonds is 2. The number of nitrogens with zero attached hydrogens (tertiary/aromatic N) is 1. The predicted octanol–water partition coefficient (Wildman–Crippen LogP) is 3.48. The molecule has 0 radical (unpaired) electrons. The van der Waals surface area contributed by atoms with Crippen molar-refractivity contribution in [3.63, 3.8) is 0 Å². The molecule has 1 heterocycles. The number of halogens is 1. The first kappa shape index (κ1) is 12.9. The van der Waals surface area contributed by atoms with Gasteiger partial charge in [0, 0.05) is 18.8 Å². The number of benzene rings is 1. The summed E-state index contributed by atoms with van der Waals surface area (Å²) in [6, 6.07) is 4.91. The number of aliphatic hydroxyl groups is 1. The third-order valence-electron chi connectivity index (χ3n) is 4.98. The second-order valence-corrected chi connectivity index (χ2v) is 6.17. The normalized spacial score (nSPS) is 22.1. The molecule has 104 valence electrons. The number of hydrogen-bond acceptors (Lipinski definition) is 2. The molecule has 1 aliphatic heterocycles. The summed E-state index contributed by atoms with van der Waals surface area (Å²) in [5.74, 6) is -0.247. The minimum absolute atomic E-state index is 0.0947. The molecule has 1 saturated heterocycles. The van der Waals surface area contributed by atoms with Gasteiger partial charge in [0.2, 0.25) is 0 Å². The molecule has 1 saturated carbocycles. The maximum Gasteiger partial charge on any atom is 0.125 e.